The number of hydrogen-bond donors (Lipinski definition) is 2. The molecule has 0 amide bonds. The van der Waals surface area contributed by atoms with Crippen LogP contribution in [0.4, 0.5) is 10.8 Å². The van der Waals surface area contributed by atoms with E-state index in [0.29, 0.717) is 0 Å². The van der Waals surface area contributed by atoms with Crippen LogP contribution in [0.1, 0.15) is 11.4 Å². The lowest BCUT2D eigenvalue weighted by Crippen LogP contribution is -1.91. The van der Waals surface area contributed by atoms with E-state index in [4.69, 9.17) is 16.6 Å². The minimum Gasteiger partial charge on any atom is -0.358 e. The molecule has 0 unspecified atom stereocenters. The van der Waals surface area contributed by atoms with Gasteiger partial charge in [-0.2, -0.15) is 0 Å². The van der Waals surface area contributed by atoms with E-state index in [1.54, 1.807) is 11.3 Å². The normalized spacial score (nSPS) is 10.7. The average Bonchev–Trinajstić information content (AvgIpc) is 3.12. The molecule has 25 heavy (non-hydrogen) atoms. The molecule has 0 aliphatic rings. The highest BCUT2D eigenvalue weighted by Crippen LogP contribution is 2.35. The second kappa shape index (κ2) is 7.04. The molecule has 0 bridgehead atoms. The number of aromatic nitrogens is 3. The average molecular weight is 391 g/mol. The molecule has 0 atom stereocenters. The van der Waals surface area contributed by atoms with Gasteiger partial charge in [0.15, 0.2) is 5.13 Å². The Bertz CT molecular complexity index is 1020. The van der Waals surface area contributed by atoms with Crippen molar-refractivity contribution in [3.63, 3.8) is 0 Å². The van der Waals surface area contributed by atoms with Gasteiger partial charge < -0.3 is 10.3 Å². The van der Waals surface area contributed by atoms with Crippen LogP contribution < -0.4 is 5.32 Å². The smallest absolute Gasteiger partial charge is 0.187 e. The number of thiazole rings is 1. The molecular formula is C18H16Cl2N4S. The van der Waals surface area contributed by atoms with Crippen LogP contribution in [-0.4, -0.2) is 15.0 Å². The minimum atomic E-state index is 0. The summed E-state index contributed by atoms with van der Waals surface area (Å²) < 4.78 is 0. The third-order valence-electron chi connectivity index (χ3n) is 3.87. The SMILES string of the molecule is Cc1ccc(Nc2nc(-c3c(C)[nH]c4ccc(Cl)cc34)cs2)cn1.Cl. The summed E-state index contributed by atoms with van der Waals surface area (Å²) in [4.78, 5) is 12.4. The van der Waals surface area contributed by atoms with E-state index in [0.717, 1.165) is 49.4 Å². The lowest BCUT2D eigenvalue weighted by atomic mass is 10.1. The van der Waals surface area contributed by atoms with Gasteiger partial charge >= 0.3 is 0 Å². The van der Waals surface area contributed by atoms with Crippen molar-refractivity contribution in [3.05, 3.63) is 58.3 Å². The van der Waals surface area contributed by atoms with Crippen LogP contribution in [0, 0.1) is 13.8 Å². The van der Waals surface area contributed by atoms with Crippen molar-refractivity contribution in [2.75, 3.05) is 5.32 Å². The highest BCUT2D eigenvalue weighted by Gasteiger charge is 2.14. The van der Waals surface area contributed by atoms with Gasteiger partial charge in [0.1, 0.15) is 0 Å². The first-order valence-electron chi connectivity index (χ1n) is 7.53. The Morgan fingerprint density at radius 2 is 2.00 bits per heavy atom. The van der Waals surface area contributed by atoms with E-state index in [9.17, 15) is 0 Å². The Morgan fingerprint density at radius 3 is 2.76 bits per heavy atom. The topological polar surface area (TPSA) is 53.6 Å². The molecule has 128 valence electrons. The van der Waals surface area contributed by atoms with Crippen LogP contribution in [0.5, 0.6) is 0 Å². The number of nitrogens with zero attached hydrogens (tertiary/aromatic N) is 2. The molecule has 3 aromatic heterocycles. The summed E-state index contributed by atoms with van der Waals surface area (Å²) in [5.74, 6) is 0. The number of hydrogen-bond acceptors (Lipinski definition) is 4. The van der Waals surface area contributed by atoms with Crippen molar-refractivity contribution < 1.29 is 0 Å². The monoisotopic (exact) mass is 390 g/mol. The van der Waals surface area contributed by atoms with Crippen molar-refractivity contribution in [2.24, 2.45) is 0 Å². The van der Waals surface area contributed by atoms with Crippen molar-refractivity contribution in [1.29, 1.82) is 0 Å². The largest absolute Gasteiger partial charge is 0.358 e. The highest BCUT2D eigenvalue weighted by atomic mass is 35.5. The fraction of sp³-hybridized carbons (Fsp3) is 0.111. The third kappa shape index (κ3) is 3.49. The summed E-state index contributed by atoms with van der Waals surface area (Å²) >= 11 is 7.73. The van der Waals surface area contributed by atoms with E-state index in [-0.39, 0.29) is 12.4 Å². The lowest BCUT2D eigenvalue weighted by molar-refractivity contribution is 1.20. The van der Waals surface area contributed by atoms with Crippen LogP contribution in [-0.2, 0) is 0 Å². The van der Waals surface area contributed by atoms with E-state index in [1.807, 2.05) is 43.5 Å². The lowest BCUT2D eigenvalue weighted by Gasteiger charge is -2.02. The Kier molecular flexibility index (Phi) is 4.99. The van der Waals surface area contributed by atoms with E-state index >= 15 is 0 Å². The van der Waals surface area contributed by atoms with Gasteiger partial charge in [-0.25, -0.2) is 4.98 Å². The van der Waals surface area contributed by atoms with Crippen LogP contribution in [0.3, 0.4) is 0 Å². The van der Waals surface area contributed by atoms with E-state index < -0.39 is 0 Å². The highest BCUT2D eigenvalue weighted by molar-refractivity contribution is 7.14. The molecule has 0 spiro atoms. The number of aryl methyl sites for hydroxylation is 2. The molecule has 4 aromatic rings. The molecule has 0 aliphatic heterocycles. The molecule has 4 nitrogen and oxygen atoms in total. The fourth-order valence-corrected chi connectivity index (χ4v) is 3.63. The number of halogens is 2. The maximum absolute atomic E-state index is 6.16. The predicted molar refractivity (Wildman–Crippen MR) is 109 cm³/mol. The summed E-state index contributed by atoms with van der Waals surface area (Å²) in [6.45, 7) is 4.02. The zero-order chi connectivity index (χ0) is 16.7. The number of rotatable bonds is 3. The molecule has 0 radical (unpaired) electrons. The molecule has 0 fully saturated rings. The maximum Gasteiger partial charge on any atom is 0.187 e. The maximum atomic E-state index is 6.16. The molecule has 3 heterocycles. The van der Waals surface area contributed by atoms with Gasteiger partial charge in [0, 0.05) is 38.3 Å². The molecule has 1 aromatic carbocycles. The molecule has 0 saturated carbocycles. The number of anilines is 2. The molecule has 0 aliphatic carbocycles. The number of aromatic amines is 1. The van der Waals surface area contributed by atoms with E-state index in [1.165, 1.54) is 0 Å². The number of pyridine rings is 1. The number of H-pyrrole nitrogens is 1. The van der Waals surface area contributed by atoms with Crippen LogP contribution >= 0.6 is 35.3 Å². The number of benzene rings is 1. The van der Waals surface area contributed by atoms with Gasteiger partial charge in [-0.05, 0) is 44.2 Å². The summed E-state index contributed by atoms with van der Waals surface area (Å²) in [6.07, 6.45) is 1.81. The van der Waals surface area contributed by atoms with Crippen molar-refractivity contribution in [3.8, 4) is 11.3 Å². The molecule has 7 heteroatoms. The second-order valence-corrected chi connectivity index (χ2v) is 6.96. The first kappa shape index (κ1) is 17.7. The predicted octanol–water partition coefficient (Wildman–Crippen LogP) is 6.12. The summed E-state index contributed by atoms with van der Waals surface area (Å²) in [7, 11) is 0. The quantitative estimate of drug-likeness (QED) is 0.442. The van der Waals surface area contributed by atoms with Crippen LogP contribution in [0.25, 0.3) is 22.2 Å². The summed E-state index contributed by atoms with van der Waals surface area (Å²) in [6, 6.07) is 9.84. The van der Waals surface area contributed by atoms with Crippen molar-refractivity contribution in [1.82, 2.24) is 15.0 Å². The third-order valence-corrected chi connectivity index (χ3v) is 4.86. The Balaban J connectivity index is 0.00000182. The first-order chi connectivity index (χ1) is 11.6. The van der Waals surface area contributed by atoms with Crippen LogP contribution in [0.15, 0.2) is 41.9 Å². The summed E-state index contributed by atoms with van der Waals surface area (Å²) in [5.41, 5.74) is 6.11. The first-order valence-corrected chi connectivity index (χ1v) is 8.79. The van der Waals surface area contributed by atoms with Crippen molar-refractivity contribution >= 4 is 57.1 Å². The Hall–Kier alpha value is -2.08. The molecule has 4 rings (SSSR count). The molecule has 2 N–H and O–H groups in total. The zero-order valence-corrected chi connectivity index (χ0v) is 16.0. The van der Waals surface area contributed by atoms with Gasteiger partial charge in [0.25, 0.3) is 0 Å². The minimum absolute atomic E-state index is 0. The molecule has 0 saturated heterocycles. The van der Waals surface area contributed by atoms with Gasteiger partial charge in [0.05, 0.1) is 17.6 Å². The Labute approximate surface area is 160 Å². The second-order valence-electron chi connectivity index (χ2n) is 5.67. The van der Waals surface area contributed by atoms with Gasteiger partial charge in [0.2, 0.25) is 0 Å². The van der Waals surface area contributed by atoms with Crippen molar-refractivity contribution in [2.45, 2.75) is 13.8 Å². The number of fused-ring (bicyclic) bond motifs is 1. The Morgan fingerprint density at radius 1 is 1.16 bits per heavy atom. The fourth-order valence-electron chi connectivity index (χ4n) is 2.74. The van der Waals surface area contributed by atoms with E-state index in [2.05, 4.69) is 27.6 Å². The molecular weight excluding hydrogens is 375 g/mol. The van der Waals surface area contributed by atoms with Crippen LogP contribution in [0.2, 0.25) is 5.02 Å². The van der Waals surface area contributed by atoms with Gasteiger partial charge in [-0.1, -0.05) is 11.6 Å². The number of nitrogens with one attached hydrogen (secondary N) is 2. The van der Waals surface area contributed by atoms with Gasteiger partial charge in [-0.3, -0.25) is 4.98 Å². The standard InChI is InChI=1S/C18H15ClN4S.ClH/c1-10-3-5-13(8-20-10)22-18-23-16(9-24-18)17-11(2)21-15-6-4-12(19)7-14(15)17;/h3-9,21H,1-2H3,(H,22,23);1H. The zero-order valence-electron chi connectivity index (χ0n) is 13.6. The van der Waals surface area contributed by atoms with Gasteiger partial charge in [-0.15, -0.1) is 23.7 Å². The summed E-state index contributed by atoms with van der Waals surface area (Å²) in [5, 5.41) is 8.01.